The molecule has 1 aliphatic heterocycles. The van der Waals surface area contributed by atoms with Gasteiger partial charge in [0, 0.05) is 16.1 Å². The number of amides is 4. The van der Waals surface area contributed by atoms with Gasteiger partial charge in [-0.05, 0) is 48.9 Å². The SMILES string of the molecule is CCCOc1ccc(N2C(=O)NC(=O)/C(=C/c3ccccc3OCc3ccccc3Cl)C2=O)cc1. The summed E-state index contributed by atoms with van der Waals surface area (Å²) >= 11 is 6.21. The first-order valence-electron chi connectivity index (χ1n) is 11.1. The molecule has 0 saturated carbocycles. The van der Waals surface area contributed by atoms with Gasteiger partial charge < -0.3 is 9.47 Å². The zero-order valence-electron chi connectivity index (χ0n) is 19.0. The molecule has 7 nitrogen and oxygen atoms in total. The molecule has 35 heavy (non-hydrogen) atoms. The molecular formula is C27H23ClN2O5. The number of hydrogen-bond acceptors (Lipinski definition) is 5. The molecule has 1 saturated heterocycles. The zero-order chi connectivity index (χ0) is 24.8. The van der Waals surface area contributed by atoms with Crippen LogP contribution < -0.4 is 19.7 Å². The van der Waals surface area contributed by atoms with Crippen molar-refractivity contribution < 1.29 is 23.9 Å². The number of ether oxygens (including phenoxy) is 2. The van der Waals surface area contributed by atoms with Crippen LogP contribution in [-0.2, 0) is 16.2 Å². The van der Waals surface area contributed by atoms with Crippen molar-refractivity contribution >= 4 is 41.2 Å². The molecule has 0 aromatic heterocycles. The van der Waals surface area contributed by atoms with Crippen LogP contribution in [0.3, 0.4) is 0 Å². The lowest BCUT2D eigenvalue weighted by atomic mass is 10.1. The Kier molecular flexibility index (Phi) is 7.48. The van der Waals surface area contributed by atoms with Crippen molar-refractivity contribution in [1.29, 1.82) is 0 Å². The van der Waals surface area contributed by atoms with Crippen LogP contribution >= 0.6 is 11.6 Å². The number of carbonyl (C=O) groups excluding carboxylic acids is 3. The summed E-state index contributed by atoms with van der Waals surface area (Å²) in [5.41, 5.74) is 1.43. The number of halogens is 1. The maximum atomic E-state index is 13.2. The molecule has 1 aliphatic rings. The molecular weight excluding hydrogens is 468 g/mol. The van der Waals surface area contributed by atoms with Crippen molar-refractivity contribution in [3.05, 3.63) is 94.5 Å². The first-order chi connectivity index (χ1) is 17.0. The van der Waals surface area contributed by atoms with E-state index in [0.29, 0.717) is 34.4 Å². The molecule has 1 N–H and O–H groups in total. The van der Waals surface area contributed by atoms with Crippen molar-refractivity contribution in [1.82, 2.24) is 5.32 Å². The fourth-order valence-electron chi connectivity index (χ4n) is 3.46. The highest BCUT2D eigenvalue weighted by Gasteiger charge is 2.37. The number of barbiturate groups is 1. The quantitative estimate of drug-likeness (QED) is 0.339. The van der Waals surface area contributed by atoms with Gasteiger partial charge in [0.1, 0.15) is 23.7 Å². The zero-order valence-corrected chi connectivity index (χ0v) is 19.7. The largest absolute Gasteiger partial charge is 0.494 e. The number of para-hydroxylation sites is 1. The van der Waals surface area contributed by atoms with Crippen molar-refractivity contribution in [2.75, 3.05) is 11.5 Å². The van der Waals surface area contributed by atoms with Gasteiger partial charge in [0.2, 0.25) is 0 Å². The number of benzene rings is 3. The molecule has 0 atom stereocenters. The number of imide groups is 2. The highest BCUT2D eigenvalue weighted by molar-refractivity contribution is 6.39. The number of nitrogens with zero attached hydrogens (tertiary/aromatic N) is 1. The third-order valence-electron chi connectivity index (χ3n) is 5.23. The molecule has 0 bridgehead atoms. The number of hydrogen-bond donors (Lipinski definition) is 1. The fraction of sp³-hybridized carbons (Fsp3) is 0.148. The second-order valence-corrected chi connectivity index (χ2v) is 8.13. The average molecular weight is 491 g/mol. The monoisotopic (exact) mass is 490 g/mol. The minimum absolute atomic E-state index is 0.190. The third-order valence-corrected chi connectivity index (χ3v) is 5.60. The van der Waals surface area contributed by atoms with Gasteiger partial charge in [-0.2, -0.15) is 0 Å². The fourth-order valence-corrected chi connectivity index (χ4v) is 3.65. The average Bonchev–Trinajstić information content (AvgIpc) is 2.86. The van der Waals surface area contributed by atoms with E-state index in [4.69, 9.17) is 21.1 Å². The van der Waals surface area contributed by atoms with Crippen LogP contribution in [0.1, 0.15) is 24.5 Å². The number of carbonyl (C=O) groups is 3. The van der Waals surface area contributed by atoms with E-state index in [0.717, 1.165) is 16.9 Å². The Balaban J connectivity index is 1.59. The van der Waals surface area contributed by atoms with E-state index in [2.05, 4.69) is 5.32 Å². The van der Waals surface area contributed by atoms with E-state index in [1.807, 2.05) is 25.1 Å². The molecule has 0 aliphatic carbocycles. The van der Waals surface area contributed by atoms with E-state index < -0.39 is 17.8 Å². The summed E-state index contributed by atoms with van der Waals surface area (Å²) < 4.78 is 11.5. The Bertz CT molecular complexity index is 1290. The first-order valence-corrected chi connectivity index (χ1v) is 11.4. The maximum absolute atomic E-state index is 13.2. The van der Waals surface area contributed by atoms with Crippen molar-refractivity contribution in [2.45, 2.75) is 20.0 Å². The van der Waals surface area contributed by atoms with Crippen molar-refractivity contribution in [3.8, 4) is 11.5 Å². The van der Waals surface area contributed by atoms with Gasteiger partial charge in [0.15, 0.2) is 0 Å². The molecule has 0 radical (unpaired) electrons. The first kappa shape index (κ1) is 24.0. The smallest absolute Gasteiger partial charge is 0.335 e. The number of urea groups is 1. The normalized spacial score (nSPS) is 14.7. The van der Waals surface area contributed by atoms with Gasteiger partial charge in [-0.1, -0.05) is 54.9 Å². The van der Waals surface area contributed by atoms with Gasteiger partial charge in [-0.3, -0.25) is 14.9 Å². The predicted octanol–water partition coefficient (Wildman–Crippen LogP) is 5.37. The molecule has 3 aromatic carbocycles. The van der Waals surface area contributed by atoms with E-state index in [9.17, 15) is 14.4 Å². The summed E-state index contributed by atoms with van der Waals surface area (Å²) in [5, 5.41) is 2.81. The molecule has 4 amide bonds. The van der Waals surface area contributed by atoms with Crippen LogP contribution in [0.2, 0.25) is 5.02 Å². The standard InChI is InChI=1S/C27H23ClN2O5/c1-2-15-34-21-13-11-20(12-14-21)30-26(32)22(25(31)29-27(30)33)16-18-7-4-6-10-24(18)35-17-19-8-3-5-9-23(19)28/h3-14,16H,2,15,17H2,1H3,(H,29,31,33)/b22-16-. The van der Waals surface area contributed by atoms with Crippen LogP contribution in [0, 0.1) is 0 Å². The molecule has 3 aromatic rings. The highest BCUT2D eigenvalue weighted by atomic mass is 35.5. The van der Waals surface area contributed by atoms with Crippen molar-refractivity contribution in [3.63, 3.8) is 0 Å². The van der Waals surface area contributed by atoms with Crippen LogP contribution in [0.4, 0.5) is 10.5 Å². The number of rotatable bonds is 8. The topological polar surface area (TPSA) is 84.9 Å². The van der Waals surface area contributed by atoms with Crippen LogP contribution in [0.15, 0.2) is 78.4 Å². The Morgan fingerprint density at radius 2 is 1.63 bits per heavy atom. The molecule has 8 heteroatoms. The maximum Gasteiger partial charge on any atom is 0.335 e. The van der Waals surface area contributed by atoms with E-state index >= 15 is 0 Å². The van der Waals surface area contributed by atoms with Gasteiger partial charge in [-0.25, -0.2) is 9.69 Å². The second kappa shape index (κ2) is 10.9. The minimum Gasteiger partial charge on any atom is -0.494 e. The van der Waals surface area contributed by atoms with Gasteiger partial charge in [-0.15, -0.1) is 0 Å². The lowest BCUT2D eigenvalue weighted by molar-refractivity contribution is -0.122. The number of anilines is 1. The van der Waals surface area contributed by atoms with Crippen LogP contribution in [0.25, 0.3) is 6.08 Å². The third kappa shape index (κ3) is 5.53. The van der Waals surface area contributed by atoms with Crippen LogP contribution in [0.5, 0.6) is 11.5 Å². The van der Waals surface area contributed by atoms with Gasteiger partial charge >= 0.3 is 6.03 Å². The highest BCUT2D eigenvalue weighted by Crippen LogP contribution is 2.27. The Morgan fingerprint density at radius 3 is 2.37 bits per heavy atom. The molecule has 1 fully saturated rings. The van der Waals surface area contributed by atoms with Gasteiger partial charge in [0.05, 0.1) is 12.3 Å². The summed E-state index contributed by atoms with van der Waals surface area (Å²) in [6, 6.07) is 20.0. The van der Waals surface area contributed by atoms with Gasteiger partial charge in [0.25, 0.3) is 11.8 Å². The Labute approximate surface area is 207 Å². The summed E-state index contributed by atoms with van der Waals surface area (Å²) in [6.45, 7) is 2.76. The summed E-state index contributed by atoms with van der Waals surface area (Å²) in [5.74, 6) is -0.430. The Morgan fingerprint density at radius 1 is 0.914 bits per heavy atom. The summed E-state index contributed by atoms with van der Waals surface area (Å²) in [7, 11) is 0. The lowest BCUT2D eigenvalue weighted by Crippen LogP contribution is -2.54. The molecule has 0 unspecified atom stereocenters. The lowest BCUT2D eigenvalue weighted by Gasteiger charge is -2.26. The van der Waals surface area contributed by atoms with E-state index in [1.165, 1.54) is 6.08 Å². The molecule has 4 rings (SSSR count). The number of nitrogens with one attached hydrogen (secondary N) is 1. The van der Waals surface area contributed by atoms with E-state index in [-0.39, 0.29) is 12.2 Å². The second-order valence-electron chi connectivity index (χ2n) is 7.72. The summed E-state index contributed by atoms with van der Waals surface area (Å²) in [4.78, 5) is 39.2. The van der Waals surface area contributed by atoms with Crippen molar-refractivity contribution in [2.24, 2.45) is 0 Å². The van der Waals surface area contributed by atoms with E-state index in [1.54, 1.807) is 54.6 Å². The van der Waals surface area contributed by atoms with Crippen LogP contribution in [-0.4, -0.2) is 24.5 Å². The predicted molar refractivity (Wildman–Crippen MR) is 133 cm³/mol. The Hall–Kier alpha value is -4.10. The molecule has 1 heterocycles. The minimum atomic E-state index is -0.817. The molecule has 178 valence electrons. The summed E-state index contributed by atoms with van der Waals surface area (Å²) in [6.07, 6.45) is 2.27. The molecule has 0 spiro atoms.